The SMILES string of the molecule is CCc1cc(N2C[C@H]3CC[C@@H](C2)N3C)ccc1Nc1ncc(C(F)(F)F)c(NCCCN2CCC2=O)n1. The van der Waals surface area contributed by atoms with Crippen LogP contribution in [0.2, 0.25) is 0 Å². The molecular weight excluding hydrogens is 483 g/mol. The van der Waals surface area contributed by atoms with Gasteiger partial charge in [-0.1, -0.05) is 6.92 Å². The summed E-state index contributed by atoms with van der Waals surface area (Å²) in [6.07, 6.45) is 0.543. The first-order chi connectivity index (χ1) is 17.7. The number of hydrogen-bond acceptors (Lipinski definition) is 7. The Morgan fingerprint density at radius 3 is 2.54 bits per heavy atom. The average molecular weight is 518 g/mol. The number of nitrogens with one attached hydrogen (secondary N) is 2. The third kappa shape index (κ3) is 5.46. The molecule has 0 radical (unpaired) electrons. The molecule has 1 amide bonds. The lowest BCUT2D eigenvalue weighted by Gasteiger charge is -2.40. The van der Waals surface area contributed by atoms with Crippen molar-refractivity contribution in [1.29, 1.82) is 0 Å². The molecular formula is C26H34F3N7O. The topological polar surface area (TPSA) is 76.6 Å². The van der Waals surface area contributed by atoms with Crippen LogP contribution in [0.1, 0.15) is 43.7 Å². The number of aryl methyl sites for hydroxylation is 1. The van der Waals surface area contributed by atoms with Gasteiger partial charge >= 0.3 is 6.18 Å². The minimum atomic E-state index is -4.58. The zero-order valence-corrected chi connectivity index (χ0v) is 21.3. The number of hydrogen-bond donors (Lipinski definition) is 2. The Labute approximate surface area is 215 Å². The van der Waals surface area contributed by atoms with E-state index < -0.39 is 11.7 Å². The van der Waals surface area contributed by atoms with Crippen molar-refractivity contribution >= 4 is 29.0 Å². The van der Waals surface area contributed by atoms with Crippen molar-refractivity contribution in [2.75, 3.05) is 55.3 Å². The second-order valence-corrected chi connectivity index (χ2v) is 10.1. The van der Waals surface area contributed by atoms with E-state index in [0.717, 1.165) is 37.0 Å². The lowest BCUT2D eigenvalue weighted by atomic mass is 10.1. The van der Waals surface area contributed by atoms with E-state index in [2.05, 4.69) is 56.5 Å². The smallest absolute Gasteiger partial charge is 0.369 e. The Hall–Kier alpha value is -3.08. The molecule has 0 spiro atoms. The van der Waals surface area contributed by atoms with E-state index in [9.17, 15) is 18.0 Å². The molecule has 11 heteroatoms. The Balaban J connectivity index is 1.29. The third-order valence-electron chi connectivity index (χ3n) is 7.87. The maximum Gasteiger partial charge on any atom is 0.421 e. The predicted molar refractivity (Wildman–Crippen MR) is 137 cm³/mol. The standard InChI is InChI=1S/C26H34F3N7O/c1-3-17-13-18(36-15-19-5-6-20(16-36)34(19)2)7-8-22(17)32-25-31-14-21(26(27,28)29)24(33-25)30-10-4-11-35-12-9-23(35)37/h7-8,13-14,19-20H,3-6,9-12,15-16H2,1-2H3,(H2,30,31,32,33)/t19-,20+. The van der Waals surface area contributed by atoms with Crippen molar-refractivity contribution in [1.82, 2.24) is 19.8 Å². The highest BCUT2D eigenvalue weighted by Gasteiger charge is 2.38. The number of likely N-dealkylation sites (N-methyl/N-ethyl adjacent to an activating group) is 1. The number of amides is 1. The Bertz CT molecular complexity index is 1130. The van der Waals surface area contributed by atoms with Gasteiger partial charge in [-0.15, -0.1) is 0 Å². The summed E-state index contributed by atoms with van der Waals surface area (Å²) in [7, 11) is 2.21. The van der Waals surface area contributed by atoms with E-state index in [0.29, 0.717) is 38.0 Å². The van der Waals surface area contributed by atoms with Gasteiger partial charge in [0.05, 0.1) is 0 Å². The highest BCUT2D eigenvalue weighted by Crippen LogP contribution is 2.35. The van der Waals surface area contributed by atoms with Crippen LogP contribution in [0.25, 0.3) is 0 Å². The normalized spacial score (nSPS) is 21.8. The number of likely N-dealkylation sites (tertiary alicyclic amines) is 1. The van der Waals surface area contributed by atoms with Crippen molar-refractivity contribution in [2.45, 2.75) is 57.3 Å². The van der Waals surface area contributed by atoms with Crippen molar-refractivity contribution < 1.29 is 18.0 Å². The fraction of sp³-hybridized carbons (Fsp3) is 0.577. The molecule has 2 N–H and O–H groups in total. The molecule has 5 rings (SSSR count). The molecule has 3 saturated heterocycles. The summed E-state index contributed by atoms with van der Waals surface area (Å²) in [6.45, 7) is 5.57. The molecule has 200 valence electrons. The lowest BCUT2D eigenvalue weighted by molar-refractivity contribution is -0.139. The first-order valence-corrected chi connectivity index (χ1v) is 13.1. The average Bonchev–Trinajstić information content (AvgIpc) is 3.06. The van der Waals surface area contributed by atoms with Gasteiger partial charge in [-0.25, -0.2) is 4.98 Å². The summed E-state index contributed by atoms with van der Waals surface area (Å²) in [5, 5.41) is 5.94. The molecule has 1 aromatic heterocycles. The van der Waals surface area contributed by atoms with Gasteiger partial charge < -0.3 is 20.4 Å². The molecule has 1 aromatic carbocycles. The van der Waals surface area contributed by atoms with Gasteiger partial charge in [0.1, 0.15) is 11.4 Å². The zero-order valence-electron chi connectivity index (χ0n) is 21.3. The molecule has 2 aromatic rings. The Morgan fingerprint density at radius 2 is 1.92 bits per heavy atom. The monoisotopic (exact) mass is 517 g/mol. The van der Waals surface area contributed by atoms with Crippen LogP contribution in [-0.2, 0) is 17.4 Å². The Kier molecular flexibility index (Phi) is 7.15. The summed E-state index contributed by atoms with van der Waals surface area (Å²) in [5.41, 5.74) is 2.10. The van der Waals surface area contributed by atoms with Crippen LogP contribution in [0, 0.1) is 0 Å². The van der Waals surface area contributed by atoms with Crippen molar-refractivity contribution in [3.05, 3.63) is 35.5 Å². The van der Waals surface area contributed by atoms with Crippen LogP contribution in [0.15, 0.2) is 24.4 Å². The molecule has 8 nitrogen and oxygen atoms in total. The number of piperazine rings is 1. The summed E-state index contributed by atoms with van der Waals surface area (Å²) in [5.74, 6) is -0.0711. The van der Waals surface area contributed by atoms with Gasteiger partial charge in [0.2, 0.25) is 11.9 Å². The molecule has 3 fully saturated rings. The molecule has 3 aliphatic rings. The van der Waals surface area contributed by atoms with Crippen molar-refractivity contribution in [2.24, 2.45) is 0 Å². The van der Waals surface area contributed by atoms with E-state index in [1.165, 1.54) is 18.5 Å². The summed E-state index contributed by atoms with van der Waals surface area (Å²) in [4.78, 5) is 26.2. The van der Waals surface area contributed by atoms with Gasteiger partial charge in [-0.05, 0) is 56.5 Å². The molecule has 0 unspecified atom stereocenters. The molecule has 0 saturated carbocycles. The number of nitrogens with zero attached hydrogens (tertiary/aromatic N) is 5. The van der Waals surface area contributed by atoms with E-state index in [4.69, 9.17) is 0 Å². The molecule has 37 heavy (non-hydrogen) atoms. The summed E-state index contributed by atoms with van der Waals surface area (Å²) >= 11 is 0. The maximum absolute atomic E-state index is 13.6. The van der Waals surface area contributed by atoms with Gasteiger partial charge in [0, 0.05) is 68.8 Å². The number of halogens is 3. The number of carbonyl (C=O) groups excluding carboxylic acids is 1. The summed E-state index contributed by atoms with van der Waals surface area (Å²) in [6, 6.07) is 7.35. The highest BCUT2D eigenvalue weighted by atomic mass is 19.4. The van der Waals surface area contributed by atoms with E-state index in [-0.39, 0.29) is 24.2 Å². The van der Waals surface area contributed by atoms with E-state index >= 15 is 0 Å². The lowest BCUT2D eigenvalue weighted by Crippen LogP contribution is -2.52. The molecule has 4 heterocycles. The first-order valence-electron chi connectivity index (χ1n) is 13.1. The Morgan fingerprint density at radius 1 is 1.16 bits per heavy atom. The second kappa shape index (κ2) is 10.4. The number of fused-ring (bicyclic) bond motifs is 2. The predicted octanol–water partition coefficient (Wildman–Crippen LogP) is 4.12. The highest BCUT2D eigenvalue weighted by molar-refractivity contribution is 5.81. The maximum atomic E-state index is 13.6. The van der Waals surface area contributed by atoms with Gasteiger partial charge in [0.15, 0.2) is 0 Å². The molecule has 2 atom stereocenters. The number of carbonyl (C=O) groups is 1. The van der Waals surface area contributed by atoms with Crippen molar-refractivity contribution in [3.8, 4) is 0 Å². The molecule has 3 aliphatic heterocycles. The summed E-state index contributed by atoms with van der Waals surface area (Å²) < 4.78 is 40.7. The van der Waals surface area contributed by atoms with E-state index in [1.54, 1.807) is 4.90 Å². The van der Waals surface area contributed by atoms with Gasteiger partial charge in [0.25, 0.3) is 0 Å². The van der Waals surface area contributed by atoms with Crippen LogP contribution in [0.4, 0.5) is 36.3 Å². The van der Waals surface area contributed by atoms with E-state index in [1.807, 2.05) is 6.07 Å². The fourth-order valence-corrected chi connectivity index (χ4v) is 5.49. The largest absolute Gasteiger partial charge is 0.421 e. The number of rotatable bonds is 9. The zero-order chi connectivity index (χ0) is 26.2. The second-order valence-electron chi connectivity index (χ2n) is 10.1. The van der Waals surface area contributed by atoms with Gasteiger partial charge in [-0.2, -0.15) is 18.2 Å². The number of anilines is 4. The molecule has 2 bridgehead atoms. The molecule has 0 aliphatic carbocycles. The number of aromatic nitrogens is 2. The number of alkyl halides is 3. The fourth-order valence-electron chi connectivity index (χ4n) is 5.49. The van der Waals surface area contributed by atoms with Crippen LogP contribution in [0.3, 0.4) is 0 Å². The van der Waals surface area contributed by atoms with Gasteiger partial charge in [-0.3, -0.25) is 9.69 Å². The van der Waals surface area contributed by atoms with Crippen LogP contribution in [0.5, 0.6) is 0 Å². The minimum absolute atomic E-state index is 0.0854. The minimum Gasteiger partial charge on any atom is -0.369 e. The number of benzene rings is 1. The number of β-lactam (4-membered cyclic amide) rings is 1. The van der Waals surface area contributed by atoms with Crippen LogP contribution < -0.4 is 15.5 Å². The van der Waals surface area contributed by atoms with Crippen LogP contribution >= 0.6 is 0 Å². The quantitative estimate of drug-likeness (QED) is 0.383. The van der Waals surface area contributed by atoms with Crippen LogP contribution in [-0.4, -0.2) is 77.5 Å². The van der Waals surface area contributed by atoms with Crippen molar-refractivity contribution in [3.63, 3.8) is 0 Å². The first kappa shape index (κ1) is 25.6. The third-order valence-corrected chi connectivity index (χ3v) is 7.87.